The summed E-state index contributed by atoms with van der Waals surface area (Å²) in [5.41, 5.74) is 0.00734. The fraction of sp³-hybridized carbons (Fsp3) is 0.222. The summed E-state index contributed by atoms with van der Waals surface area (Å²) in [6.45, 7) is 1.61. The van der Waals surface area contributed by atoms with Crippen LogP contribution >= 0.6 is 0 Å². The van der Waals surface area contributed by atoms with Crippen LogP contribution in [0.3, 0.4) is 0 Å². The van der Waals surface area contributed by atoms with Gasteiger partial charge in [0.25, 0.3) is 0 Å². The molecule has 0 amide bonds. The van der Waals surface area contributed by atoms with Crippen LogP contribution in [0.15, 0.2) is 24.5 Å². The first kappa shape index (κ1) is 9.05. The third-order valence-corrected chi connectivity index (χ3v) is 2.03. The van der Waals surface area contributed by atoms with Crippen molar-refractivity contribution in [2.24, 2.45) is 0 Å². The highest BCUT2D eigenvalue weighted by atomic mass is 19.4. The van der Waals surface area contributed by atoms with Gasteiger partial charge in [0.1, 0.15) is 0 Å². The number of hydrogen-bond acceptors (Lipinski definition) is 1. The Balaban J connectivity index is 2.82. The zero-order chi connectivity index (χ0) is 10.3. The molecular formula is C9H7F3N2. The molecule has 0 bridgehead atoms. The Morgan fingerprint density at radius 1 is 1.36 bits per heavy atom. The normalized spacial score (nSPS) is 12.3. The maximum atomic E-state index is 12.5. The Kier molecular flexibility index (Phi) is 1.77. The van der Waals surface area contributed by atoms with Crippen LogP contribution < -0.4 is 0 Å². The molecule has 0 aliphatic rings. The molecule has 0 unspecified atom stereocenters. The van der Waals surface area contributed by atoms with Crippen LogP contribution in [0, 0.1) is 6.92 Å². The summed E-state index contributed by atoms with van der Waals surface area (Å²) in [6, 6.07) is 2.40. The molecule has 0 aliphatic heterocycles. The third kappa shape index (κ3) is 1.25. The molecule has 0 aromatic carbocycles. The number of halogens is 3. The van der Waals surface area contributed by atoms with E-state index in [0.29, 0.717) is 5.56 Å². The highest BCUT2D eigenvalue weighted by Crippen LogP contribution is 2.33. The minimum Gasteiger partial charge on any atom is -0.240 e. The molecular weight excluding hydrogens is 193 g/mol. The summed E-state index contributed by atoms with van der Waals surface area (Å²) in [7, 11) is 0. The first-order valence-electron chi connectivity index (χ1n) is 4.00. The zero-order valence-electron chi connectivity index (χ0n) is 7.34. The van der Waals surface area contributed by atoms with Gasteiger partial charge in [0.2, 0.25) is 0 Å². The highest BCUT2D eigenvalue weighted by molar-refractivity contribution is 5.60. The number of rotatable bonds is 0. The number of nitrogens with zero attached hydrogens (tertiary/aromatic N) is 2. The summed E-state index contributed by atoms with van der Waals surface area (Å²) < 4.78 is 38.8. The van der Waals surface area contributed by atoms with Crippen LogP contribution in [0.1, 0.15) is 11.1 Å². The van der Waals surface area contributed by atoms with Crippen LogP contribution in [-0.4, -0.2) is 9.61 Å². The molecule has 14 heavy (non-hydrogen) atoms. The van der Waals surface area contributed by atoms with Crippen molar-refractivity contribution in [3.63, 3.8) is 0 Å². The van der Waals surface area contributed by atoms with Gasteiger partial charge in [-0.25, -0.2) is 4.52 Å². The molecule has 0 atom stereocenters. The van der Waals surface area contributed by atoms with Gasteiger partial charge >= 0.3 is 6.18 Å². The van der Waals surface area contributed by atoms with Crippen molar-refractivity contribution in [1.82, 2.24) is 9.61 Å². The largest absolute Gasteiger partial charge is 0.418 e. The van der Waals surface area contributed by atoms with E-state index < -0.39 is 11.7 Å². The van der Waals surface area contributed by atoms with Crippen LogP contribution in [0.2, 0.25) is 0 Å². The zero-order valence-corrected chi connectivity index (χ0v) is 7.34. The van der Waals surface area contributed by atoms with Gasteiger partial charge in [-0.1, -0.05) is 0 Å². The van der Waals surface area contributed by atoms with Crippen molar-refractivity contribution in [2.75, 3.05) is 0 Å². The minimum absolute atomic E-state index is 0.125. The molecule has 2 heterocycles. The van der Waals surface area contributed by atoms with Crippen LogP contribution in [0.25, 0.3) is 5.52 Å². The van der Waals surface area contributed by atoms with Crippen LogP contribution in [-0.2, 0) is 6.18 Å². The van der Waals surface area contributed by atoms with E-state index in [1.54, 1.807) is 6.92 Å². The average molecular weight is 200 g/mol. The monoisotopic (exact) mass is 200 g/mol. The van der Waals surface area contributed by atoms with E-state index in [2.05, 4.69) is 5.10 Å². The highest BCUT2D eigenvalue weighted by Gasteiger charge is 2.33. The maximum Gasteiger partial charge on any atom is 0.418 e. The van der Waals surface area contributed by atoms with Gasteiger partial charge in [0.15, 0.2) is 0 Å². The smallest absolute Gasteiger partial charge is 0.240 e. The molecule has 0 spiro atoms. The fourth-order valence-electron chi connectivity index (χ4n) is 1.43. The number of aryl methyl sites for hydroxylation is 1. The predicted molar refractivity (Wildman–Crippen MR) is 44.9 cm³/mol. The second kappa shape index (κ2) is 2.73. The Bertz CT molecular complexity index is 470. The van der Waals surface area contributed by atoms with E-state index in [9.17, 15) is 13.2 Å². The quantitative estimate of drug-likeness (QED) is 0.639. The van der Waals surface area contributed by atoms with E-state index in [0.717, 1.165) is 6.07 Å². The molecule has 5 heteroatoms. The molecule has 0 fully saturated rings. The molecule has 0 N–H and O–H groups in total. The summed E-state index contributed by atoms with van der Waals surface area (Å²) in [6.07, 6.45) is -1.41. The van der Waals surface area contributed by atoms with Crippen molar-refractivity contribution in [1.29, 1.82) is 0 Å². The van der Waals surface area contributed by atoms with E-state index in [1.165, 1.54) is 23.0 Å². The standard InChI is InChI=1S/C9H7F3N2/c1-6-5-13-14-4-2-3-7(8(6)14)9(10,11)12/h2-5H,1H3. The van der Waals surface area contributed by atoms with E-state index >= 15 is 0 Å². The van der Waals surface area contributed by atoms with Gasteiger partial charge in [-0.3, -0.25) is 0 Å². The van der Waals surface area contributed by atoms with Crippen LogP contribution in [0.5, 0.6) is 0 Å². The summed E-state index contributed by atoms with van der Waals surface area (Å²) in [5.74, 6) is 0. The molecule has 2 nitrogen and oxygen atoms in total. The molecule has 0 aliphatic carbocycles. The SMILES string of the molecule is Cc1cnn2cccc(C(F)(F)F)c12. The van der Waals surface area contributed by atoms with Crippen molar-refractivity contribution in [3.8, 4) is 0 Å². The lowest BCUT2D eigenvalue weighted by atomic mass is 10.2. The Hall–Kier alpha value is -1.52. The predicted octanol–water partition coefficient (Wildman–Crippen LogP) is 2.66. The number of aromatic nitrogens is 2. The lowest BCUT2D eigenvalue weighted by Crippen LogP contribution is -2.07. The van der Waals surface area contributed by atoms with Gasteiger partial charge in [0.05, 0.1) is 17.3 Å². The second-order valence-electron chi connectivity index (χ2n) is 3.04. The molecule has 2 rings (SSSR count). The van der Waals surface area contributed by atoms with Gasteiger partial charge in [0, 0.05) is 6.20 Å². The topological polar surface area (TPSA) is 17.3 Å². The summed E-state index contributed by atoms with van der Waals surface area (Å²) >= 11 is 0. The van der Waals surface area contributed by atoms with Crippen LogP contribution in [0.4, 0.5) is 13.2 Å². The van der Waals surface area contributed by atoms with Crippen molar-refractivity contribution in [3.05, 3.63) is 35.7 Å². The first-order valence-corrected chi connectivity index (χ1v) is 4.00. The van der Waals surface area contributed by atoms with Crippen molar-refractivity contribution in [2.45, 2.75) is 13.1 Å². The number of fused-ring (bicyclic) bond motifs is 1. The molecule has 2 aromatic heterocycles. The first-order chi connectivity index (χ1) is 6.50. The van der Waals surface area contributed by atoms with Gasteiger partial charge in [-0.15, -0.1) is 0 Å². The van der Waals surface area contributed by atoms with E-state index in [4.69, 9.17) is 0 Å². The minimum atomic E-state index is -4.33. The number of hydrogen-bond donors (Lipinski definition) is 0. The lowest BCUT2D eigenvalue weighted by molar-refractivity contribution is -0.136. The molecule has 2 aromatic rings. The maximum absolute atomic E-state index is 12.5. The molecule has 74 valence electrons. The Morgan fingerprint density at radius 2 is 2.07 bits per heavy atom. The average Bonchev–Trinajstić information content (AvgIpc) is 2.46. The van der Waals surface area contributed by atoms with Crippen molar-refractivity contribution >= 4 is 5.52 Å². The van der Waals surface area contributed by atoms with E-state index in [1.807, 2.05) is 0 Å². The summed E-state index contributed by atoms with van der Waals surface area (Å²) in [5, 5.41) is 3.81. The molecule has 0 saturated carbocycles. The van der Waals surface area contributed by atoms with Gasteiger partial charge in [-0.05, 0) is 24.6 Å². The van der Waals surface area contributed by atoms with Gasteiger partial charge in [-0.2, -0.15) is 18.3 Å². The Labute approximate surface area is 78.0 Å². The summed E-state index contributed by atoms with van der Waals surface area (Å²) in [4.78, 5) is 0. The lowest BCUT2D eigenvalue weighted by Gasteiger charge is -2.08. The fourth-order valence-corrected chi connectivity index (χ4v) is 1.43. The Morgan fingerprint density at radius 3 is 2.71 bits per heavy atom. The third-order valence-electron chi connectivity index (χ3n) is 2.03. The van der Waals surface area contributed by atoms with Crippen molar-refractivity contribution < 1.29 is 13.2 Å². The second-order valence-corrected chi connectivity index (χ2v) is 3.04. The van der Waals surface area contributed by atoms with E-state index in [-0.39, 0.29) is 5.52 Å². The van der Waals surface area contributed by atoms with Gasteiger partial charge < -0.3 is 0 Å². The number of pyridine rings is 1. The molecule has 0 radical (unpaired) electrons. The molecule has 0 saturated heterocycles. The number of alkyl halides is 3.